The molecule has 1 aromatic carbocycles. The third-order valence-electron chi connectivity index (χ3n) is 5.52. The minimum Gasteiger partial charge on any atom is -0.436 e. The molecule has 0 aliphatic heterocycles. The van der Waals surface area contributed by atoms with Crippen molar-refractivity contribution < 1.29 is 9.21 Å². The average Bonchev–Trinajstić information content (AvgIpc) is 3.44. The number of nitrogens with one attached hydrogen (secondary N) is 1. The molecule has 0 bridgehead atoms. The molecule has 144 valence electrons. The number of amides is 1. The number of rotatable bonds is 5. The van der Waals surface area contributed by atoms with Gasteiger partial charge in [-0.05, 0) is 18.9 Å². The number of nitrogens with zero attached hydrogens (tertiary/aromatic N) is 3. The molecule has 7 heteroatoms. The zero-order valence-corrected chi connectivity index (χ0v) is 15.8. The zero-order chi connectivity index (χ0) is 20.0. The lowest BCUT2D eigenvalue weighted by molar-refractivity contribution is -0.120. The summed E-state index contributed by atoms with van der Waals surface area (Å²) in [7, 11) is 1.81. The normalized spacial score (nSPS) is 14.7. The Hall–Kier alpha value is -3.74. The summed E-state index contributed by atoms with van der Waals surface area (Å²) in [5.41, 5.74) is 7.35. The summed E-state index contributed by atoms with van der Waals surface area (Å²) < 4.78 is 6.04. The van der Waals surface area contributed by atoms with Crippen molar-refractivity contribution in [3.8, 4) is 22.8 Å². The number of benzene rings is 1. The highest BCUT2D eigenvalue weighted by Crippen LogP contribution is 2.48. The van der Waals surface area contributed by atoms with Crippen molar-refractivity contribution in [3.63, 3.8) is 0 Å². The highest BCUT2D eigenvalue weighted by molar-refractivity contribution is 6.01. The van der Waals surface area contributed by atoms with Gasteiger partial charge in [0.05, 0.1) is 22.9 Å². The van der Waals surface area contributed by atoms with Crippen molar-refractivity contribution in [2.75, 3.05) is 12.4 Å². The smallest absolute Gasteiger partial charge is 0.229 e. The van der Waals surface area contributed by atoms with Gasteiger partial charge in [0.25, 0.3) is 0 Å². The first-order valence-electron chi connectivity index (χ1n) is 9.41. The van der Waals surface area contributed by atoms with Gasteiger partial charge in [0.2, 0.25) is 11.8 Å². The van der Waals surface area contributed by atoms with Crippen molar-refractivity contribution in [3.05, 3.63) is 60.7 Å². The number of anilines is 1. The number of hydrogen-bond acceptors (Lipinski definition) is 6. The molecular weight excluding hydrogens is 366 g/mol. The van der Waals surface area contributed by atoms with E-state index in [9.17, 15) is 4.79 Å². The van der Waals surface area contributed by atoms with Crippen LogP contribution < -0.4 is 11.1 Å². The first-order chi connectivity index (χ1) is 14.1. The van der Waals surface area contributed by atoms with E-state index in [1.54, 1.807) is 25.6 Å². The molecule has 3 heterocycles. The fourth-order valence-corrected chi connectivity index (χ4v) is 3.65. The Kier molecular flexibility index (Phi) is 3.84. The molecule has 0 radical (unpaired) electrons. The predicted molar refractivity (Wildman–Crippen MR) is 110 cm³/mol. The minimum absolute atomic E-state index is 0.337. The second kappa shape index (κ2) is 6.41. The number of hydrogen-bond donors (Lipinski definition) is 2. The van der Waals surface area contributed by atoms with Crippen LogP contribution >= 0.6 is 0 Å². The van der Waals surface area contributed by atoms with Crippen molar-refractivity contribution >= 4 is 22.5 Å². The summed E-state index contributed by atoms with van der Waals surface area (Å²) in [6.45, 7) is 0. The molecule has 7 nitrogen and oxygen atoms in total. The Balaban J connectivity index is 1.68. The molecule has 0 spiro atoms. The van der Waals surface area contributed by atoms with Crippen molar-refractivity contribution in [1.82, 2.24) is 15.0 Å². The Morgan fingerprint density at radius 1 is 1.07 bits per heavy atom. The number of pyridine rings is 2. The van der Waals surface area contributed by atoms with Gasteiger partial charge in [0.15, 0.2) is 5.76 Å². The Bertz CT molecular complexity index is 1230. The first kappa shape index (κ1) is 17.4. The molecule has 5 rings (SSSR count). The molecular formula is C22H19N5O2. The lowest BCUT2D eigenvalue weighted by Crippen LogP contribution is -2.29. The van der Waals surface area contributed by atoms with Gasteiger partial charge in [0.1, 0.15) is 5.82 Å². The maximum absolute atomic E-state index is 12.0. The van der Waals surface area contributed by atoms with E-state index in [1.165, 1.54) is 0 Å². The van der Waals surface area contributed by atoms with E-state index in [-0.39, 0.29) is 5.91 Å². The fraction of sp³-hybridized carbons (Fsp3) is 0.182. The van der Waals surface area contributed by atoms with Crippen molar-refractivity contribution in [2.24, 2.45) is 5.73 Å². The molecule has 1 fully saturated rings. The molecule has 0 saturated heterocycles. The standard InChI is InChI=1S/C22H19N5O2/c1-24-19-15-10-25-18(22(7-8-22)21(23)28)9-14(15)16(11-26-19)20-27-12-17(29-20)13-5-3-2-4-6-13/h2-6,9-12H,7-8H2,1H3,(H2,23,28)(H,24,26). The number of aromatic nitrogens is 3. The lowest BCUT2D eigenvalue weighted by Gasteiger charge is -2.13. The summed E-state index contributed by atoms with van der Waals surface area (Å²) in [6, 6.07) is 11.7. The van der Waals surface area contributed by atoms with E-state index >= 15 is 0 Å². The number of carbonyl (C=O) groups is 1. The quantitative estimate of drug-likeness (QED) is 0.544. The molecule has 1 amide bonds. The maximum atomic E-state index is 12.0. The minimum atomic E-state index is -0.666. The van der Waals surface area contributed by atoms with Gasteiger partial charge in [-0.25, -0.2) is 9.97 Å². The largest absolute Gasteiger partial charge is 0.436 e. The third-order valence-corrected chi connectivity index (χ3v) is 5.52. The SMILES string of the molecule is CNc1ncc(-c2ncc(-c3ccccc3)o2)c2cc(C3(C(N)=O)CC3)ncc12. The van der Waals surface area contributed by atoms with Crippen LogP contribution in [0.3, 0.4) is 0 Å². The molecule has 3 aromatic heterocycles. The van der Waals surface area contributed by atoms with E-state index in [1.807, 2.05) is 36.4 Å². The van der Waals surface area contributed by atoms with Crippen LogP contribution in [0.4, 0.5) is 5.82 Å². The van der Waals surface area contributed by atoms with Gasteiger partial charge in [-0.15, -0.1) is 0 Å². The van der Waals surface area contributed by atoms with Crippen LogP contribution in [0.2, 0.25) is 0 Å². The van der Waals surface area contributed by atoms with Crippen molar-refractivity contribution in [2.45, 2.75) is 18.3 Å². The summed E-state index contributed by atoms with van der Waals surface area (Å²) in [5.74, 6) is 1.50. The second-order valence-corrected chi connectivity index (χ2v) is 7.23. The van der Waals surface area contributed by atoms with Gasteiger partial charge < -0.3 is 15.5 Å². The maximum Gasteiger partial charge on any atom is 0.229 e. The monoisotopic (exact) mass is 385 g/mol. The number of primary amides is 1. The predicted octanol–water partition coefficient (Wildman–Crippen LogP) is 3.51. The Labute approximate surface area is 167 Å². The topological polar surface area (TPSA) is 107 Å². The molecule has 29 heavy (non-hydrogen) atoms. The number of carbonyl (C=O) groups excluding carboxylic acids is 1. The number of fused-ring (bicyclic) bond motifs is 1. The van der Waals surface area contributed by atoms with Gasteiger partial charge in [0, 0.05) is 35.8 Å². The van der Waals surface area contributed by atoms with E-state index in [4.69, 9.17) is 10.2 Å². The Morgan fingerprint density at radius 3 is 2.55 bits per heavy atom. The van der Waals surface area contributed by atoms with Crippen LogP contribution in [0.15, 0.2) is 59.4 Å². The van der Waals surface area contributed by atoms with Crippen LogP contribution in [0.25, 0.3) is 33.6 Å². The fourth-order valence-electron chi connectivity index (χ4n) is 3.65. The summed E-state index contributed by atoms with van der Waals surface area (Å²) in [5, 5.41) is 4.77. The van der Waals surface area contributed by atoms with E-state index in [0.29, 0.717) is 23.2 Å². The summed E-state index contributed by atoms with van der Waals surface area (Å²) >= 11 is 0. The highest BCUT2D eigenvalue weighted by atomic mass is 16.4. The number of nitrogens with two attached hydrogens (primary N) is 1. The molecule has 4 aromatic rings. The van der Waals surface area contributed by atoms with Crippen LogP contribution in [0.5, 0.6) is 0 Å². The van der Waals surface area contributed by atoms with E-state index in [0.717, 1.165) is 34.7 Å². The highest BCUT2D eigenvalue weighted by Gasteiger charge is 2.51. The Morgan fingerprint density at radius 2 is 1.86 bits per heavy atom. The molecule has 0 unspecified atom stereocenters. The van der Waals surface area contributed by atoms with Gasteiger partial charge >= 0.3 is 0 Å². The van der Waals surface area contributed by atoms with Crippen molar-refractivity contribution in [1.29, 1.82) is 0 Å². The third kappa shape index (κ3) is 2.74. The molecule has 1 aliphatic rings. The summed E-state index contributed by atoms with van der Waals surface area (Å²) in [6.07, 6.45) is 6.60. The molecule has 0 atom stereocenters. The summed E-state index contributed by atoms with van der Waals surface area (Å²) in [4.78, 5) is 25.5. The second-order valence-electron chi connectivity index (χ2n) is 7.23. The van der Waals surface area contributed by atoms with E-state index in [2.05, 4.69) is 20.3 Å². The van der Waals surface area contributed by atoms with Crippen LogP contribution in [-0.4, -0.2) is 27.9 Å². The zero-order valence-electron chi connectivity index (χ0n) is 15.8. The van der Waals surface area contributed by atoms with Crippen LogP contribution in [0.1, 0.15) is 18.5 Å². The number of oxazole rings is 1. The lowest BCUT2D eigenvalue weighted by atomic mass is 9.98. The van der Waals surface area contributed by atoms with Crippen LogP contribution in [-0.2, 0) is 10.2 Å². The van der Waals surface area contributed by atoms with Gasteiger partial charge in [-0.2, -0.15) is 0 Å². The average molecular weight is 385 g/mol. The van der Waals surface area contributed by atoms with Gasteiger partial charge in [-0.3, -0.25) is 9.78 Å². The van der Waals surface area contributed by atoms with E-state index < -0.39 is 5.41 Å². The molecule has 1 saturated carbocycles. The van der Waals surface area contributed by atoms with Gasteiger partial charge in [-0.1, -0.05) is 30.3 Å². The van der Waals surface area contributed by atoms with Crippen LogP contribution in [0, 0.1) is 0 Å². The molecule has 1 aliphatic carbocycles. The first-order valence-corrected chi connectivity index (χ1v) is 9.41. The molecule has 3 N–H and O–H groups in total.